The summed E-state index contributed by atoms with van der Waals surface area (Å²) in [5, 5.41) is 4.09. The second kappa shape index (κ2) is 8.48. The fraction of sp³-hybridized carbons (Fsp3) is 0.348. The number of nitrogens with zero attached hydrogens (tertiary/aromatic N) is 1. The van der Waals surface area contributed by atoms with Gasteiger partial charge in [-0.3, -0.25) is 9.69 Å². The predicted octanol–water partition coefficient (Wildman–Crippen LogP) is 3.94. The van der Waals surface area contributed by atoms with Gasteiger partial charge >= 0.3 is 0 Å². The average molecular weight is 378 g/mol. The first kappa shape index (κ1) is 18.6. The number of fused-ring (bicyclic) bond motifs is 1. The third-order valence-corrected chi connectivity index (χ3v) is 5.47. The zero-order valence-electron chi connectivity index (χ0n) is 16.2. The molecule has 0 aliphatic carbocycles. The van der Waals surface area contributed by atoms with Crippen LogP contribution in [0.3, 0.4) is 0 Å². The second-order valence-corrected chi connectivity index (χ2v) is 7.27. The predicted molar refractivity (Wildman–Crippen MR) is 109 cm³/mol. The molecular weight excluding hydrogens is 352 g/mol. The summed E-state index contributed by atoms with van der Waals surface area (Å²) in [4.78, 5) is 15.1. The molecule has 146 valence electrons. The standard InChI is InChI=1S/C23H26N2O3/c1-27-19-9-10-20-18(16-28-22(20)14-19)13-23(26)24-15-21(25-11-5-6-12-25)17-7-3-2-4-8-17/h2-4,7-10,14,16,21H,5-6,11-13,15H2,1H3,(H,24,26)/t21-/m1/s1. The van der Waals surface area contributed by atoms with Crippen LogP contribution in [0.5, 0.6) is 5.75 Å². The van der Waals surface area contributed by atoms with Crippen molar-refractivity contribution >= 4 is 16.9 Å². The number of ether oxygens (including phenoxy) is 1. The maximum atomic E-state index is 12.6. The molecule has 28 heavy (non-hydrogen) atoms. The van der Waals surface area contributed by atoms with Crippen molar-refractivity contribution in [2.75, 3.05) is 26.7 Å². The number of carbonyl (C=O) groups excluding carboxylic acids is 1. The molecule has 0 radical (unpaired) electrons. The number of hydrogen-bond donors (Lipinski definition) is 1. The maximum absolute atomic E-state index is 12.6. The van der Waals surface area contributed by atoms with E-state index in [2.05, 4.69) is 34.5 Å². The molecule has 3 aromatic rings. The van der Waals surface area contributed by atoms with Crippen LogP contribution in [0, 0.1) is 0 Å². The zero-order valence-corrected chi connectivity index (χ0v) is 16.2. The van der Waals surface area contributed by atoms with Gasteiger partial charge < -0.3 is 14.5 Å². The van der Waals surface area contributed by atoms with Crippen LogP contribution in [0.4, 0.5) is 0 Å². The highest BCUT2D eigenvalue weighted by Crippen LogP contribution is 2.27. The summed E-state index contributed by atoms with van der Waals surface area (Å²) in [5.41, 5.74) is 2.89. The Morgan fingerprint density at radius 2 is 1.96 bits per heavy atom. The van der Waals surface area contributed by atoms with E-state index in [4.69, 9.17) is 9.15 Å². The number of carbonyl (C=O) groups is 1. The van der Waals surface area contributed by atoms with E-state index < -0.39 is 0 Å². The minimum Gasteiger partial charge on any atom is -0.497 e. The van der Waals surface area contributed by atoms with E-state index in [1.165, 1.54) is 18.4 Å². The van der Waals surface area contributed by atoms with Crippen molar-refractivity contribution in [1.29, 1.82) is 0 Å². The molecule has 0 unspecified atom stereocenters. The Labute approximate surface area is 165 Å². The van der Waals surface area contributed by atoms with E-state index in [0.717, 1.165) is 35.4 Å². The van der Waals surface area contributed by atoms with Crippen LogP contribution in [0.1, 0.15) is 30.0 Å². The monoisotopic (exact) mass is 378 g/mol. The van der Waals surface area contributed by atoms with Crippen molar-refractivity contribution in [1.82, 2.24) is 10.2 Å². The summed E-state index contributed by atoms with van der Waals surface area (Å²) in [5.74, 6) is 0.757. The molecule has 1 fully saturated rings. The molecular formula is C23H26N2O3. The van der Waals surface area contributed by atoms with Crippen molar-refractivity contribution in [2.45, 2.75) is 25.3 Å². The first-order valence-corrected chi connectivity index (χ1v) is 9.84. The number of amides is 1. The lowest BCUT2D eigenvalue weighted by Gasteiger charge is -2.28. The molecule has 0 bridgehead atoms. The van der Waals surface area contributed by atoms with E-state index in [0.29, 0.717) is 13.0 Å². The van der Waals surface area contributed by atoms with Crippen molar-refractivity contribution in [3.63, 3.8) is 0 Å². The number of methoxy groups -OCH3 is 1. The summed E-state index contributed by atoms with van der Waals surface area (Å²) < 4.78 is 10.8. The van der Waals surface area contributed by atoms with Crippen LogP contribution in [0.15, 0.2) is 59.2 Å². The third-order valence-electron chi connectivity index (χ3n) is 5.47. The van der Waals surface area contributed by atoms with E-state index in [-0.39, 0.29) is 11.9 Å². The Morgan fingerprint density at radius 1 is 1.18 bits per heavy atom. The van der Waals surface area contributed by atoms with Crippen LogP contribution < -0.4 is 10.1 Å². The minimum absolute atomic E-state index is 0.0126. The van der Waals surface area contributed by atoms with Crippen LogP contribution in [-0.4, -0.2) is 37.6 Å². The number of rotatable bonds is 7. The molecule has 0 saturated carbocycles. The zero-order chi connectivity index (χ0) is 19.3. The molecule has 2 aromatic carbocycles. The molecule has 4 rings (SSSR count). The molecule has 1 atom stereocenters. The molecule has 0 spiro atoms. The van der Waals surface area contributed by atoms with Gasteiger partial charge in [0.15, 0.2) is 0 Å². The molecule has 1 aliphatic heterocycles. The first-order valence-electron chi connectivity index (χ1n) is 9.84. The van der Waals surface area contributed by atoms with Crippen molar-refractivity contribution < 1.29 is 13.9 Å². The summed E-state index contributed by atoms with van der Waals surface area (Å²) >= 11 is 0. The molecule has 1 saturated heterocycles. The minimum atomic E-state index is 0.0126. The van der Waals surface area contributed by atoms with E-state index in [1.807, 2.05) is 24.3 Å². The Bertz CT molecular complexity index is 929. The topological polar surface area (TPSA) is 54.7 Å². The van der Waals surface area contributed by atoms with Crippen LogP contribution in [0.2, 0.25) is 0 Å². The Kier molecular flexibility index (Phi) is 5.63. The third kappa shape index (κ3) is 4.04. The fourth-order valence-electron chi connectivity index (χ4n) is 3.96. The molecule has 5 heteroatoms. The molecule has 5 nitrogen and oxygen atoms in total. The van der Waals surface area contributed by atoms with Gasteiger partial charge in [0, 0.05) is 23.6 Å². The van der Waals surface area contributed by atoms with Gasteiger partial charge in [0.2, 0.25) is 5.91 Å². The van der Waals surface area contributed by atoms with Crippen LogP contribution >= 0.6 is 0 Å². The van der Waals surface area contributed by atoms with Gasteiger partial charge in [-0.25, -0.2) is 0 Å². The van der Waals surface area contributed by atoms with Gasteiger partial charge in [-0.05, 0) is 43.6 Å². The molecule has 1 aliphatic rings. The second-order valence-electron chi connectivity index (χ2n) is 7.27. The van der Waals surface area contributed by atoms with Gasteiger partial charge in [0.25, 0.3) is 0 Å². The van der Waals surface area contributed by atoms with Gasteiger partial charge in [-0.1, -0.05) is 30.3 Å². The van der Waals surface area contributed by atoms with Crippen molar-refractivity contribution in [3.8, 4) is 5.75 Å². The largest absolute Gasteiger partial charge is 0.497 e. The Morgan fingerprint density at radius 3 is 2.71 bits per heavy atom. The smallest absolute Gasteiger partial charge is 0.224 e. The van der Waals surface area contributed by atoms with Crippen LogP contribution in [0.25, 0.3) is 11.0 Å². The molecule has 1 amide bonds. The van der Waals surface area contributed by atoms with E-state index >= 15 is 0 Å². The highest BCUT2D eigenvalue weighted by Gasteiger charge is 2.24. The highest BCUT2D eigenvalue weighted by molar-refractivity contribution is 5.88. The summed E-state index contributed by atoms with van der Waals surface area (Å²) in [6.07, 6.45) is 4.42. The summed E-state index contributed by atoms with van der Waals surface area (Å²) in [7, 11) is 1.63. The highest BCUT2D eigenvalue weighted by atomic mass is 16.5. The lowest BCUT2D eigenvalue weighted by atomic mass is 10.1. The normalized spacial score (nSPS) is 15.6. The first-order chi connectivity index (χ1) is 13.7. The lowest BCUT2D eigenvalue weighted by Crippen LogP contribution is -2.37. The number of likely N-dealkylation sites (tertiary alicyclic amines) is 1. The Hall–Kier alpha value is -2.79. The van der Waals surface area contributed by atoms with Gasteiger partial charge in [-0.15, -0.1) is 0 Å². The van der Waals surface area contributed by atoms with E-state index in [9.17, 15) is 4.79 Å². The quantitative estimate of drug-likeness (QED) is 0.677. The van der Waals surface area contributed by atoms with Crippen LogP contribution in [-0.2, 0) is 11.2 Å². The Balaban J connectivity index is 1.42. The SMILES string of the molecule is COc1ccc2c(CC(=O)NC[C@H](c3ccccc3)N3CCCC3)coc2c1. The maximum Gasteiger partial charge on any atom is 0.224 e. The lowest BCUT2D eigenvalue weighted by molar-refractivity contribution is -0.120. The number of nitrogens with one attached hydrogen (secondary N) is 1. The number of hydrogen-bond acceptors (Lipinski definition) is 4. The van der Waals surface area contributed by atoms with Gasteiger partial charge in [-0.2, -0.15) is 0 Å². The average Bonchev–Trinajstić information content (AvgIpc) is 3.39. The molecule has 1 aromatic heterocycles. The summed E-state index contributed by atoms with van der Waals surface area (Å²) in [6, 6.07) is 16.3. The van der Waals surface area contributed by atoms with Crippen molar-refractivity contribution in [2.24, 2.45) is 0 Å². The van der Waals surface area contributed by atoms with E-state index in [1.54, 1.807) is 13.4 Å². The van der Waals surface area contributed by atoms with Crippen molar-refractivity contribution in [3.05, 3.63) is 65.9 Å². The number of benzene rings is 2. The molecule has 1 N–H and O–H groups in total. The summed E-state index contributed by atoms with van der Waals surface area (Å²) in [6.45, 7) is 2.79. The van der Waals surface area contributed by atoms with Gasteiger partial charge in [0.05, 0.1) is 25.8 Å². The van der Waals surface area contributed by atoms with Gasteiger partial charge in [0.1, 0.15) is 11.3 Å². The fourth-order valence-corrected chi connectivity index (χ4v) is 3.96. The molecule has 2 heterocycles. The number of furan rings is 1.